The molecule has 1 amide bonds. The fourth-order valence-corrected chi connectivity index (χ4v) is 3.88. The number of carbonyl (C=O) groups is 1. The van der Waals surface area contributed by atoms with Gasteiger partial charge in [-0.25, -0.2) is 0 Å². The van der Waals surface area contributed by atoms with Crippen LogP contribution in [0.15, 0.2) is 48.7 Å². The minimum atomic E-state index is 0.184. The summed E-state index contributed by atoms with van der Waals surface area (Å²) in [7, 11) is 0. The Labute approximate surface area is 157 Å². The molecular weight excluding hydrogens is 348 g/mol. The summed E-state index contributed by atoms with van der Waals surface area (Å²) >= 11 is 6.20. The topological polar surface area (TPSA) is 50.5 Å². The number of amides is 1. The minimum Gasteiger partial charge on any atom is -0.342 e. The van der Waals surface area contributed by atoms with Gasteiger partial charge in [0.05, 0.1) is 0 Å². The Kier molecular flexibility index (Phi) is 4.89. The summed E-state index contributed by atoms with van der Waals surface area (Å²) < 4.78 is 2.03. The van der Waals surface area contributed by atoms with Crippen LogP contribution in [-0.2, 0) is 11.2 Å². The number of carbonyl (C=O) groups excluding carboxylic acids is 1. The molecule has 0 spiro atoms. The maximum atomic E-state index is 12.7. The normalized spacial score (nSPS) is 17.6. The van der Waals surface area contributed by atoms with Gasteiger partial charge in [-0.3, -0.25) is 9.20 Å². The Morgan fingerprint density at radius 3 is 2.88 bits per heavy atom. The first-order valence-electron chi connectivity index (χ1n) is 9.03. The highest BCUT2D eigenvalue weighted by molar-refractivity contribution is 6.31. The van der Waals surface area contributed by atoms with Gasteiger partial charge in [0.15, 0.2) is 5.65 Å². The highest BCUT2D eigenvalue weighted by Gasteiger charge is 2.27. The monoisotopic (exact) mass is 368 g/mol. The standard InChI is InChI=1S/C20H21ClN4O/c21-17-8-2-1-6-15(17)10-11-19(26)24-12-5-7-16(14-24)20-23-22-18-9-3-4-13-25(18)20/h1-4,6,8-9,13,16H,5,7,10-12,14H2. The SMILES string of the molecule is O=C(CCc1ccccc1Cl)N1CCCC(c2nnc3ccccn23)C1. The van der Waals surface area contributed by atoms with Gasteiger partial charge in [-0.15, -0.1) is 10.2 Å². The molecule has 134 valence electrons. The molecule has 5 nitrogen and oxygen atoms in total. The van der Waals surface area contributed by atoms with Crippen LogP contribution in [0, 0.1) is 0 Å². The van der Waals surface area contributed by atoms with Crippen LogP contribution in [0.5, 0.6) is 0 Å². The number of piperidine rings is 1. The van der Waals surface area contributed by atoms with E-state index in [1.807, 2.05) is 58.0 Å². The van der Waals surface area contributed by atoms with Gasteiger partial charge in [-0.2, -0.15) is 0 Å². The second kappa shape index (κ2) is 7.46. The molecule has 4 rings (SSSR count). The van der Waals surface area contributed by atoms with E-state index in [0.717, 1.165) is 41.4 Å². The first-order valence-corrected chi connectivity index (χ1v) is 9.41. The van der Waals surface area contributed by atoms with Crippen molar-refractivity contribution in [1.29, 1.82) is 0 Å². The number of likely N-dealkylation sites (tertiary alicyclic amines) is 1. The third-order valence-corrected chi connectivity index (χ3v) is 5.41. The summed E-state index contributed by atoms with van der Waals surface area (Å²) in [4.78, 5) is 14.7. The maximum Gasteiger partial charge on any atom is 0.222 e. The summed E-state index contributed by atoms with van der Waals surface area (Å²) in [6.07, 6.45) is 5.17. The number of benzene rings is 1. The van der Waals surface area contributed by atoms with Gasteiger partial charge < -0.3 is 4.90 Å². The molecule has 0 radical (unpaired) electrons. The lowest BCUT2D eigenvalue weighted by Crippen LogP contribution is -2.39. The largest absolute Gasteiger partial charge is 0.342 e. The van der Waals surface area contributed by atoms with Crippen LogP contribution in [0.1, 0.15) is 36.6 Å². The number of hydrogen-bond donors (Lipinski definition) is 0. The smallest absolute Gasteiger partial charge is 0.222 e. The molecule has 3 aromatic rings. The van der Waals surface area contributed by atoms with E-state index >= 15 is 0 Å². The van der Waals surface area contributed by atoms with E-state index in [9.17, 15) is 4.79 Å². The van der Waals surface area contributed by atoms with Gasteiger partial charge in [0, 0.05) is 36.6 Å². The first-order chi connectivity index (χ1) is 12.7. The van der Waals surface area contributed by atoms with E-state index < -0.39 is 0 Å². The number of rotatable bonds is 4. The minimum absolute atomic E-state index is 0.184. The van der Waals surface area contributed by atoms with Gasteiger partial charge >= 0.3 is 0 Å². The second-order valence-corrected chi connectivity index (χ2v) is 7.16. The molecule has 1 saturated heterocycles. The highest BCUT2D eigenvalue weighted by atomic mass is 35.5. The molecule has 0 saturated carbocycles. The van der Waals surface area contributed by atoms with Crippen molar-refractivity contribution in [3.05, 3.63) is 65.1 Å². The zero-order valence-electron chi connectivity index (χ0n) is 14.5. The molecule has 1 atom stereocenters. The summed E-state index contributed by atoms with van der Waals surface area (Å²) in [5.41, 5.74) is 1.88. The van der Waals surface area contributed by atoms with Gasteiger partial charge in [0.25, 0.3) is 0 Å². The first kappa shape index (κ1) is 17.0. The van der Waals surface area contributed by atoms with Crippen LogP contribution in [0.2, 0.25) is 5.02 Å². The average Bonchev–Trinajstić information content (AvgIpc) is 3.11. The number of aromatic nitrogens is 3. The van der Waals surface area contributed by atoms with Crippen LogP contribution < -0.4 is 0 Å². The molecule has 0 aliphatic carbocycles. The summed E-state index contributed by atoms with van der Waals surface area (Å²) in [6.45, 7) is 1.52. The third-order valence-electron chi connectivity index (χ3n) is 5.05. The highest BCUT2D eigenvalue weighted by Crippen LogP contribution is 2.27. The van der Waals surface area contributed by atoms with Crippen LogP contribution in [-0.4, -0.2) is 38.5 Å². The number of halogens is 1. The molecule has 1 unspecified atom stereocenters. The van der Waals surface area contributed by atoms with Crippen molar-refractivity contribution in [2.75, 3.05) is 13.1 Å². The number of pyridine rings is 1. The van der Waals surface area contributed by atoms with Gasteiger partial charge in [0.2, 0.25) is 5.91 Å². The zero-order valence-corrected chi connectivity index (χ0v) is 15.3. The molecule has 3 heterocycles. The van der Waals surface area contributed by atoms with E-state index in [1.165, 1.54) is 0 Å². The van der Waals surface area contributed by atoms with Crippen molar-refractivity contribution in [2.24, 2.45) is 0 Å². The molecule has 1 aliphatic heterocycles. The fraction of sp³-hybridized carbons (Fsp3) is 0.350. The number of hydrogen-bond acceptors (Lipinski definition) is 3. The predicted molar refractivity (Wildman–Crippen MR) is 101 cm³/mol. The lowest BCUT2D eigenvalue weighted by atomic mass is 9.96. The van der Waals surface area contributed by atoms with E-state index in [0.29, 0.717) is 19.4 Å². The summed E-state index contributed by atoms with van der Waals surface area (Å²) in [6, 6.07) is 13.6. The van der Waals surface area contributed by atoms with Gasteiger partial charge in [-0.05, 0) is 43.0 Å². The fourth-order valence-electron chi connectivity index (χ4n) is 3.65. The molecule has 6 heteroatoms. The molecule has 1 aromatic carbocycles. The Morgan fingerprint density at radius 2 is 2.00 bits per heavy atom. The zero-order chi connectivity index (χ0) is 17.9. The maximum absolute atomic E-state index is 12.7. The average molecular weight is 369 g/mol. The van der Waals surface area contributed by atoms with Gasteiger partial charge in [-0.1, -0.05) is 35.9 Å². The van der Waals surface area contributed by atoms with Crippen molar-refractivity contribution in [3.63, 3.8) is 0 Å². The Balaban J connectivity index is 1.43. The van der Waals surface area contributed by atoms with Crippen molar-refractivity contribution in [1.82, 2.24) is 19.5 Å². The van der Waals surface area contributed by atoms with Crippen molar-refractivity contribution >= 4 is 23.2 Å². The quantitative estimate of drug-likeness (QED) is 0.705. The lowest BCUT2D eigenvalue weighted by molar-refractivity contribution is -0.132. The lowest BCUT2D eigenvalue weighted by Gasteiger charge is -2.32. The van der Waals surface area contributed by atoms with E-state index in [1.54, 1.807) is 0 Å². The van der Waals surface area contributed by atoms with E-state index in [2.05, 4.69) is 10.2 Å². The summed E-state index contributed by atoms with van der Waals surface area (Å²) in [5, 5.41) is 9.35. The van der Waals surface area contributed by atoms with E-state index in [-0.39, 0.29) is 11.8 Å². The number of aryl methyl sites for hydroxylation is 1. The molecular formula is C20H21ClN4O. The molecule has 0 N–H and O–H groups in total. The van der Waals surface area contributed by atoms with Crippen LogP contribution in [0.25, 0.3) is 5.65 Å². The van der Waals surface area contributed by atoms with Gasteiger partial charge in [0.1, 0.15) is 5.82 Å². The predicted octanol–water partition coefficient (Wildman–Crippen LogP) is 3.72. The molecule has 26 heavy (non-hydrogen) atoms. The Bertz CT molecular complexity index is 923. The Hall–Kier alpha value is -2.40. The van der Waals surface area contributed by atoms with Crippen LogP contribution >= 0.6 is 11.6 Å². The third kappa shape index (κ3) is 3.44. The number of fused-ring (bicyclic) bond motifs is 1. The Morgan fingerprint density at radius 1 is 1.15 bits per heavy atom. The molecule has 0 bridgehead atoms. The van der Waals surface area contributed by atoms with Crippen LogP contribution in [0.4, 0.5) is 0 Å². The van der Waals surface area contributed by atoms with E-state index in [4.69, 9.17) is 11.6 Å². The molecule has 1 fully saturated rings. The number of nitrogens with zero attached hydrogens (tertiary/aromatic N) is 4. The summed E-state index contributed by atoms with van der Waals surface area (Å²) in [5.74, 6) is 1.36. The van der Waals surface area contributed by atoms with Crippen molar-refractivity contribution < 1.29 is 4.79 Å². The van der Waals surface area contributed by atoms with Crippen molar-refractivity contribution in [3.8, 4) is 0 Å². The van der Waals surface area contributed by atoms with Crippen molar-refractivity contribution in [2.45, 2.75) is 31.6 Å². The molecule has 1 aliphatic rings. The van der Waals surface area contributed by atoms with Crippen LogP contribution in [0.3, 0.4) is 0 Å². The second-order valence-electron chi connectivity index (χ2n) is 6.76. The molecule has 2 aromatic heterocycles.